The summed E-state index contributed by atoms with van der Waals surface area (Å²) in [7, 11) is 0. The Balaban J connectivity index is 1.81. The predicted octanol–water partition coefficient (Wildman–Crippen LogP) is 5.94. The van der Waals surface area contributed by atoms with Crippen molar-refractivity contribution in [1.82, 2.24) is 4.98 Å². The van der Waals surface area contributed by atoms with Gasteiger partial charge in [0.25, 0.3) is 0 Å². The SMILES string of the molecule is Cc1cc(-c2ccc(-c3ccccc3)s2)nc2ccccc12. The molecule has 0 aliphatic carbocycles. The van der Waals surface area contributed by atoms with Gasteiger partial charge in [-0.1, -0.05) is 48.5 Å². The molecule has 2 aromatic heterocycles. The summed E-state index contributed by atoms with van der Waals surface area (Å²) in [6, 6.07) is 25.4. The van der Waals surface area contributed by atoms with Crippen LogP contribution in [-0.2, 0) is 0 Å². The van der Waals surface area contributed by atoms with E-state index in [-0.39, 0.29) is 0 Å². The number of thiophene rings is 1. The molecule has 22 heavy (non-hydrogen) atoms. The standard InChI is InChI=1S/C20H15NS/c1-14-13-18(21-17-10-6-5-9-16(14)17)20-12-11-19(22-20)15-7-3-2-4-8-15/h2-13H,1H3. The Labute approximate surface area is 133 Å². The second-order valence-corrected chi connectivity index (χ2v) is 6.46. The topological polar surface area (TPSA) is 12.9 Å². The highest BCUT2D eigenvalue weighted by Gasteiger charge is 2.08. The molecule has 0 spiro atoms. The Bertz CT molecular complexity index is 938. The zero-order chi connectivity index (χ0) is 14.9. The first-order valence-electron chi connectivity index (χ1n) is 7.33. The Kier molecular flexibility index (Phi) is 3.24. The predicted molar refractivity (Wildman–Crippen MR) is 95.2 cm³/mol. The van der Waals surface area contributed by atoms with Crippen LogP contribution in [0.4, 0.5) is 0 Å². The van der Waals surface area contributed by atoms with Gasteiger partial charge >= 0.3 is 0 Å². The van der Waals surface area contributed by atoms with Crippen LogP contribution < -0.4 is 0 Å². The van der Waals surface area contributed by atoms with Crippen LogP contribution in [0.15, 0.2) is 72.8 Å². The molecule has 0 bridgehead atoms. The summed E-state index contributed by atoms with van der Waals surface area (Å²) >= 11 is 1.79. The van der Waals surface area contributed by atoms with Gasteiger partial charge < -0.3 is 0 Å². The second kappa shape index (κ2) is 5.39. The molecule has 0 radical (unpaired) electrons. The zero-order valence-corrected chi connectivity index (χ0v) is 13.1. The van der Waals surface area contributed by atoms with Gasteiger partial charge in [-0.25, -0.2) is 4.98 Å². The summed E-state index contributed by atoms with van der Waals surface area (Å²) in [5.74, 6) is 0. The van der Waals surface area contributed by atoms with E-state index in [1.54, 1.807) is 11.3 Å². The minimum absolute atomic E-state index is 1.06. The Morgan fingerprint density at radius 1 is 0.773 bits per heavy atom. The molecular formula is C20H15NS. The fourth-order valence-electron chi connectivity index (χ4n) is 2.71. The third kappa shape index (κ3) is 2.32. The van der Waals surface area contributed by atoms with Crippen LogP contribution in [0.5, 0.6) is 0 Å². The van der Waals surface area contributed by atoms with Gasteiger partial charge in [-0.15, -0.1) is 11.3 Å². The zero-order valence-electron chi connectivity index (χ0n) is 12.3. The van der Waals surface area contributed by atoms with Gasteiger partial charge in [0.2, 0.25) is 0 Å². The molecule has 4 rings (SSSR count). The van der Waals surface area contributed by atoms with Crippen LogP contribution in [0.1, 0.15) is 5.56 Å². The molecule has 0 saturated heterocycles. The van der Waals surface area contributed by atoms with Crippen LogP contribution in [0, 0.1) is 6.92 Å². The summed E-state index contributed by atoms with van der Waals surface area (Å²) in [4.78, 5) is 7.32. The molecule has 0 unspecified atom stereocenters. The Hall–Kier alpha value is -2.45. The van der Waals surface area contributed by atoms with E-state index in [1.165, 1.54) is 26.3 Å². The third-order valence-corrected chi connectivity index (χ3v) is 5.00. The lowest BCUT2D eigenvalue weighted by molar-refractivity contribution is 1.38. The number of nitrogens with zero attached hydrogens (tertiary/aromatic N) is 1. The van der Waals surface area contributed by atoms with Gasteiger partial charge in [-0.2, -0.15) is 0 Å². The Morgan fingerprint density at radius 3 is 2.36 bits per heavy atom. The van der Waals surface area contributed by atoms with Gasteiger partial charge in [0, 0.05) is 10.3 Å². The number of hydrogen-bond donors (Lipinski definition) is 0. The molecule has 2 heteroatoms. The van der Waals surface area contributed by atoms with Crippen LogP contribution >= 0.6 is 11.3 Å². The first-order valence-corrected chi connectivity index (χ1v) is 8.15. The number of benzene rings is 2. The first kappa shape index (κ1) is 13.2. The van der Waals surface area contributed by atoms with Gasteiger partial charge in [0.1, 0.15) is 0 Å². The first-order chi connectivity index (χ1) is 10.8. The minimum Gasteiger partial charge on any atom is -0.247 e. The van der Waals surface area contributed by atoms with E-state index >= 15 is 0 Å². The van der Waals surface area contributed by atoms with Gasteiger partial charge in [0.15, 0.2) is 0 Å². The summed E-state index contributed by atoms with van der Waals surface area (Å²) in [5, 5.41) is 1.23. The van der Waals surface area contributed by atoms with Crippen LogP contribution in [0.3, 0.4) is 0 Å². The molecule has 1 nitrogen and oxygen atoms in total. The van der Waals surface area contributed by atoms with E-state index in [9.17, 15) is 0 Å². The maximum absolute atomic E-state index is 4.82. The molecule has 2 heterocycles. The quantitative estimate of drug-likeness (QED) is 0.446. The van der Waals surface area contributed by atoms with Crippen molar-refractivity contribution in [2.75, 3.05) is 0 Å². The second-order valence-electron chi connectivity index (χ2n) is 5.37. The maximum atomic E-state index is 4.82. The average molecular weight is 301 g/mol. The number of para-hydroxylation sites is 1. The summed E-state index contributed by atoms with van der Waals surface area (Å²) in [6.07, 6.45) is 0. The number of hydrogen-bond acceptors (Lipinski definition) is 2. The maximum Gasteiger partial charge on any atom is 0.0812 e. The number of aryl methyl sites for hydroxylation is 1. The van der Waals surface area contributed by atoms with Crippen molar-refractivity contribution in [3.8, 4) is 21.0 Å². The van der Waals surface area contributed by atoms with E-state index in [0.29, 0.717) is 0 Å². The highest BCUT2D eigenvalue weighted by atomic mass is 32.1. The smallest absolute Gasteiger partial charge is 0.0812 e. The number of pyridine rings is 1. The Morgan fingerprint density at radius 2 is 1.50 bits per heavy atom. The largest absolute Gasteiger partial charge is 0.247 e. The van der Waals surface area contributed by atoms with Crippen molar-refractivity contribution in [2.24, 2.45) is 0 Å². The third-order valence-electron chi connectivity index (χ3n) is 3.84. The lowest BCUT2D eigenvalue weighted by Gasteiger charge is -2.04. The molecule has 0 aliphatic heterocycles. The van der Waals surface area contributed by atoms with Crippen molar-refractivity contribution >= 4 is 22.2 Å². The number of fused-ring (bicyclic) bond motifs is 1. The van der Waals surface area contributed by atoms with Gasteiger partial charge in [-0.05, 0) is 42.3 Å². The van der Waals surface area contributed by atoms with E-state index in [1.807, 2.05) is 12.1 Å². The number of rotatable bonds is 2. The van der Waals surface area contributed by atoms with Crippen LogP contribution in [-0.4, -0.2) is 4.98 Å². The molecule has 0 fully saturated rings. The van der Waals surface area contributed by atoms with Crippen molar-refractivity contribution in [3.63, 3.8) is 0 Å². The van der Waals surface area contributed by atoms with Gasteiger partial charge in [0.05, 0.1) is 16.1 Å². The molecule has 0 N–H and O–H groups in total. The van der Waals surface area contributed by atoms with Crippen molar-refractivity contribution in [2.45, 2.75) is 6.92 Å². The number of aromatic nitrogens is 1. The highest BCUT2D eigenvalue weighted by molar-refractivity contribution is 7.18. The molecular weight excluding hydrogens is 286 g/mol. The fraction of sp³-hybridized carbons (Fsp3) is 0.0500. The van der Waals surface area contributed by atoms with Crippen molar-refractivity contribution < 1.29 is 0 Å². The average Bonchev–Trinajstić information content (AvgIpc) is 3.06. The molecule has 4 aromatic rings. The van der Waals surface area contributed by atoms with Crippen molar-refractivity contribution in [1.29, 1.82) is 0 Å². The molecule has 0 atom stereocenters. The highest BCUT2D eigenvalue weighted by Crippen LogP contribution is 2.34. The normalized spacial score (nSPS) is 11.0. The summed E-state index contributed by atoms with van der Waals surface area (Å²) < 4.78 is 0. The van der Waals surface area contributed by atoms with E-state index < -0.39 is 0 Å². The van der Waals surface area contributed by atoms with E-state index in [4.69, 9.17) is 4.98 Å². The minimum atomic E-state index is 1.06. The van der Waals surface area contributed by atoms with Crippen molar-refractivity contribution in [3.05, 3.63) is 78.4 Å². The molecule has 0 amide bonds. The van der Waals surface area contributed by atoms with E-state index in [0.717, 1.165) is 11.2 Å². The summed E-state index contributed by atoms with van der Waals surface area (Å²) in [6.45, 7) is 2.15. The summed E-state index contributed by atoms with van der Waals surface area (Å²) in [5.41, 5.74) is 4.65. The molecule has 2 aromatic carbocycles. The molecule has 106 valence electrons. The molecule has 0 saturated carbocycles. The monoisotopic (exact) mass is 301 g/mol. The molecule has 0 aliphatic rings. The van der Waals surface area contributed by atoms with Crippen LogP contribution in [0.2, 0.25) is 0 Å². The van der Waals surface area contributed by atoms with Crippen LogP contribution in [0.25, 0.3) is 31.9 Å². The van der Waals surface area contributed by atoms with Gasteiger partial charge in [-0.3, -0.25) is 0 Å². The lowest BCUT2D eigenvalue weighted by Crippen LogP contribution is -1.86. The fourth-order valence-corrected chi connectivity index (χ4v) is 3.68. The lowest BCUT2D eigenvalue weighted by atomic mass is 10.1. The van der Waals surface area contributed by atoms with E-state index in [2.05, 4.69) is 67.6 Å².